The number of aromatic nitrogens is 1. The second kappa shape index (κ2) is 4.49. The van der Waals surface area contributed by atoms with E-state index in [-0.39, 0.29) is 5.91 Å². The zero-order valence-corrected chi connectivity index (χ0v) is 9.27. The Balaban J connectivity index is 2.19. The number of nitrogens with two attached hydrogens (primary N) is 1. The predicted octanol–water partition coefficient (Wildman–Crippen LogP) is 0.445. The quantitative estimate of drug-likeness (QED) is 0.747. The highest BCUT2D eigenvalue weighted by Gasteiger charge is 2.20. The monoisotopic (exact) mass is 221 g/mol. The van der Waals surface area contributed by atoms with Gasteiger partial charge in [0.1, 0.15) is 5.82 Å². The number of hydrogen-bond donors (Lipinski definition) is 1. The number of carbonyl (C=O) groups excluding carboxylic acids is 1. The first-order valence-electron chi connectivity index (χ1n) is 5.28. The van der Waals surface area contributed by atoms with Crippen LogP contribution in [0.1, 0.15) is 16.1 Å². The normalized spacial score (nSPS) is 16.2. The van der Waals surface area contributed by atoms with Crippen LogP contribution < -0.4 is 5.73 Å². The highest BCUT2D eigenvalue weighted by atomic mass is 16.5. The van der Waals surface area contributed by atoms with Gasteiger partial charge in [0.25, 0.3) is 5.91 Å². The van der Waals surface area contributed by atoms with Crippen molar-refractivity contribution in [2.45, 2.75) is 6.92 Å². The van der Waals surface area contributed by atoms with E-state index in [1.54, 1.807) is 24.0 Å². The first-order valence-corrected chi connectivity index (χ1v) is 5.28. The van der Waals surface area contributed by atoms with Crippen LogP contribution in [0.15, 0.2) is 12.1 Å². The molecule has 5 nitrogen and oxygen atoms in total. The molecule has 0 radical (unpaired) electrons. The SMILES string of the molecule is Cc1nc(N)ccc1C(=O)N1CCOCC1. The number of morpholine rings is 1. The van der Waals surface area contributed by atoms with Gasteiger partial charge in [-0.15, -0.1) is 0 Å². The molecule has 16 heavy (non-hydrogen) atoms. The van der Waals surface area contributed by atoms with Gasteiger partial charge >= 0.3 is 0 Å². The van der Waals surface area contributed by atoms with E-state index in [1.165, 1.54) is 0 Å². The summed E-state index contributed by atoms with van der Waals surface area (Å²) in [5, 5.41) is 0. The molecule has 0 saturated carbocycles. The molecule has 1 aromatic rings. The van der Waals surface area contributed by atoms with Gasteiger partial charge in [-0.2, -0.15) is 0 Å². The Labute approximate surface area is 94.2 Å². The van der Waals surface area contributed by atoms with E-state index >= 15 is 0 Å². The van der Waals surface area contributed by atoms with Crippen molar-refractivity contribution in [2.75, 3.05) is 32.0 Å². The zero-order chi connectivity index (χ0) is 11.5. The molecule has 1 amide bonds. The van der Waals surface area contributed by atoms with E-state index in [1.807, 2.05) is 0 Å². The van der Waals surface area contributed by atoms with Crippen LogP contribution in [0, 0.1) is 6.92 Å². The lowest BCUT2D eigenvalue weighted by molar-refractivity contribution is 0.0302. The number of ether oxygens (including phenoxy) is 1. The summed E-state index contributed by atoms with van der Waals surface area (Å²) in [5.41, 5.74) is 6.85. The fraction of sp³-hybridized carbons (Fsp3) is 0.455. The lowest BCUT2D eigenvalue weighted by Gasteiger charge is -2.27. The molecule has 1 fully saturated rings. The first-order chi connectivity index (χ1) is 7.68. The van der Waals surface area contributed by atoms with Crippen LogP contribution in [0.4, 0.5) is 5.82 Å². The van der Waals surface area contributed by atoms with Crippen LogP contribution in [0.5, 0.6) is 0 Å². The molecule has 0 aromatic carbocycles. The van der Waals surface area contributed by atoms with Gasteiger partial charge in [0, 0.05) is 13.1 Å². The third-order valence-electron chi connectivity index (χ3n) is 2.64. The summed E-state index contributed by atoms with van der Waals surface area (Å²) in [6.45, 7) is 4.29. The van der Waals surface area contributed by atoms with E-state index in [0.717, 1.165) is 0 Å². The number of rotatable bonds is 1. The molecule has 0 unspecified atom stereocenters. The van der Waals surface area contributed by atoms with Gasteiger partial charge in [-0.05, 0) is 19.1 Å². The second-order valence-electron chi connectivity index (χ2n) is 3.77. The molecule has 2 rings (SSSR count). The topological polar surface area (TPSA) is 68.5 Å². The summed E-state index contributed by atoms with van der Waals surface area (Å²) in [5.74, 6) is 0.448. The minimum Gasteiger partial charge on any atom is -0.384 e. The van der Waals surface area contributed by atoms with Crippen LogP contribution in [0.3, 0.4) is 0 Å². The van der Waals surface area contributed by atoms with Crippen LogP contribution >= 0.6 is 0 Å². The number of carbonyl (C=O) groups is 1. The lowest BCUT2D eigenvalue weighted by Crippen LogP contribution is -2.41. The van der Waals surface area contributed by atoms with Crippen LogP contribution in [-0.4, -0.2) is 42.1 Å². The van der Waals surface area contributed by atoms with Gasteiger partial charge in [0.05, 0.1) is 24.5 Å². The zero-order valence-electron chi connectivity index (χ0n) is 9.27. The molecule has 1 saturated heterocycles. The van der Waals surface area contributed by atoms with Crippen molar-refractivity contribution in [1.29, 1.82) is 0 Å². The number of amides is 1. The number of pyridine rings is 1. The number of hydrogen-bond acceptors (Lipinski definition) is 4. The highest BCUT2D eigenvalue weighted by molar-refractivity contribution is 5.95. The van der Waals surface area contributed by atoms with Gasteiger partial charge in [0.15, 0.2) is 0 Å². The molecule has 5 heteroatoms. The molecular weight excluding hydrogens is 206 g/mol. The summed E-state index contributed by atoms with van der Waals surface area (Å²) in [4.78, 5) is 18.0. The van der Waals surface area contributed by atoms with Crippen molar-refractivity contribution < 1.29 is 9.53 Å². The summed E-state index contributed by atoms with van der Waals surface area (Å²) < 4.78 is 5.21. The number of aryl methyl sites for hydroxylation is 1. The number of nitrogen functional groups attached to an aromatic ring is 1. The molecule has 0 spiro atoms. The summed E-state index contributed by atoms with van der Waals surface area (Å²) >= 11 is 0. The maximum atomic E-state index is 12.1. The molecular formula is C11H15N3O2. The van der Waals surface area contributed by atoms with Crippen LogP contribution in [-0.2, 0) is 4.74 Å². The van der Waals surface area contributed by atoms with Gasteiger partial charge < -0.3 is 15.4 Å². The Morgan fingerprint density at radius 1 is 1.44 bits per heavy atom. The molecule has 86 valence electrons. The smallest absolute Gasteiger partial charge is 0.255 e. The molecule has 0 atom stereocenters. The van der Waals surface area contributed by atoms with Gasteiger partial charge in [-0.25, -0.2) is 4.98 Å². The average Bonchev–Trinajstić information content (AvgIpc) is 2.29. The van der Waals surface area contributed by atoms with Gasteiger partial charge in [0.2, 0.25) is 0 Å². The van der Waals surface area contributed by atoms with Crippen LogP contribution in [0.2, 0.25) is 0 Å². The third kappa shape index (κ3) is 2.14. The van der Waals surface area contributed by atoms with E-state index < -0.39 is 0 Å². The summed E-state index contributed by atoms with van der Waals surface area (Å²) in [7, 11) is 0. The van der Waals surface area contributed by atoms with E-state index in [0.29, 0.717) is 43.4 Å². The van der Waals surface area contributed by atoms with Crippen molar-refractivity contribution in [2.24, 2.45) is 0 Å². The maximum absolute atomic E-state index is 12.1. The minimum absolute atomic E-state index is 0.00769. The molecule has 1 aromatic heterocycles. The van der Waals surface area contributed by atoms with E-state index in [4.69, 9.17) is 10.5 Å². The van der Waals surface area contributed by atoms with Gasteiger partial charge in [-0.1, -0.05) is 0 Å². The van der Waals surface area contributed by atoms with Crippen molar-refractivity contribution in [3.05, 3.63) is 23.4 Å². The molecule has 2 N–H and O–H groups in total. The average molecular weight is 221 g/mol. The molecule has 1 aliphatic heterocycles. The van der Waals surface area contributed by atoms with Crippen molar-refractivity contribution in [1.82, 2.24) is 9.88 Å². The second-order valence-corrected chi connectivity index (χ2v) is 3.77. The van der Waals surface area contributed by atoms with Crippen molar-refractivity contribution >= 4 is 11.7 Å². The Morgan fingerprint density at radius 3 is 2.75 bits per heavy atom. The lowest BCUT2D eigenvalue weighted by atomic mass is 10.1. The Morgan fingerprint density at radius 2 is 2.12 bits per heavy atom. The third-order valence-corrected chi connectivity index (χ3v) is 2.64. The molecule has 0 bridgehead atoms. The molecule has 1 aliphatic rings. The molecule has 2 heterocycles. The van der Waals surface area contributed by atoms with Crippen molar-refractivity contribution in [3.63, 3.8) is 0 Å². The minimum atomic E-state index is 0.00769. The van der Waals surface area contributed by atoms with Crippen LogP contribution in [0.25, 0.3) is 0 Å². The summed E-state index contributed by atoms with van der Waals surface area (Å²) in [6, 6.07) is 3.39. The van der Waals surface area contributed by atoms with E-state index in [9.17, 15) is 4.79 Å². The largest absolute Gasteiger partial charge is 0.384 e. The fourth-order valence-corrected chi connectivity index (χ4v) is 1.74. The number of anilines is 1. The standard InChI is InChI=1S/C11H15N3O2/c1-8-9(2-3-10(12)13-8)11(15)14-4-6-16-7-5-14/h2-3H,4-7H2,1H3,(H2,12,13). The Kier molecular flexibility index (Phi) is 3.05. The highest BCUT2D eigenvalue weighted by Crippen LogP contribution is 2.12. The maximum Gasteiger partial charge on any atom is 0.255 e. The first kappa shape index (κ1) is 10.9. The Hall–Kier alpha value is -1.62. The summed E-state index contributed by atoms with van der Waals surface area (Å²) in [6.07, 6.45) is 0. The molecule has 0 aliphatic carbocycles. The van der Waals surface area contributed by atoms with E-state index in [2.05, 4.69) is 4.98 Å². The fourth-order valence-electron chi connectivity index (χ4n) is 1.74. The number of nitrogens with zero attached hydrogens (tertiary/aromatic N) is 2. The van der Waals surface area contributed by atoms with Gasteiger partial charge in [-0.3, -0.25) is 4.79 Å². The predicted molar refractivity (Wildman–Crippen MR) is 60.1 cm³/mol. The van der Waals surface area contributed by atoms with Crippen molar-refractivity contribution in [3.8, 4) is 0 Å². The Bertz CT molecular complexity index is 400.